The van der Waals surface area contributed by atoms with Gasteiger partial charge in [-0.25, -0.2) is 13.4 Å². The Balaban J connectivity index is 1.96. The second-order valence-corrected chi connectivity index (χ2v) is 10.8. The highest BCUT2D eigenvalue weighted by Gasteiger charge is 2.24. The van der Waals surface area contributed by atoms with Gasteiger partial charge in [0.2, 0.25) is 15.0 Å². The molecule has 0 atom stereocenters. The molecule has 0 saturated heterocycles. The number of pyridine rings is 1. The third kappa shape index (κ3) is 5.15. The molecule has 4 aromatic rings. The van der Waals surface area contributed by atoms with Gasteiger partial charge < -0.3 is 9.47 Å². The maximum absolute atomic E-state index is 13.9. The molecule has 11 nitrogen and oxygen atoms in total. The van der Waals surface area contributed by atoms with Crippen LogP contribution in [0.1, 0.15) is 5.56 Å². The number of ether oxygens (including phenoxy) is 2. The van der Waals surface area contributed by atoms with Crippen LogP contribution in [0.3, 0.4) is 0 Å². The summed E-state index contributed by atoms with van der Waals surface area (Å²) in [5.41, 5.74) is 0.407. The lowest BCUT2D eigenvalue weighted by atomic mass is 10.0. The van der Waals surface area contributed by atoms with E-state index in [1.807, 2.05) is 0 Å². The van der Waals surface area contributed by atoms with Gasteiger partial charge in [-0.15, -0.1) is 0 Å². The number of halogens is 2. The number of sulfone groups is 1. The van der Waals surface area contributed by atoms with Crippen molar-refractivity contribution in [2.75, 3.05) is 20.5 Å². The summed E-state index contributed by atoms with van der Waals surface area (Å²) in [5, 5.41) is 11.0. The summed E-state index contributed by atoms with van der Waals surface area (Å²) in [5.74, 6) is 0.451. The van der Waals surface area contributed by atoms with Gasteiger partial charge in [-0.05, 0) is 18.1 Å². The molecule has 4 rings (SSSR count). The number of fused-ring (bicyclic) bond motifs is 1. The van der Waals surface area contributed by atoms with Gasteiger partial charge in [0.25, 0.3) is 11.2 Å². The van der Waals surface area contributed by atoms with Crippen molar-refractivity contribution in [3.05, 3.63) is 78.7 Å². The molecule has 0 unspecified atom stereocenters. The fraction of sp³-hybridized carbons (Fsp3) is 0.208. The van der Waals surface area contributed by atoms with E-state index in [0.717, 1.165) is 6.26 Å². The smallest absolute Gasteiger partial charge is 0.269 e. The van der Waals surface area contributed by atoms with Gasteiger partial charge in [0.1, 0.15) is 17.1 Å². The number of aryl methyl sites for hydroxylation is 2. The van der Waals surface area contributed by atoms with Crippen LogP contribution in [0.2, 0.25) is 10.0 Å². The number of nitrogens with zero attached hydrogens (tertiary/aromatic N) is 4. The van der Waals surface area contributed by atoms with Gasteiger partial charge in [-0.2, -0.15) is 4.98 Å². The van der Waals surface area contributed by atoms with Crippen LogP contribution in [-0.2, 0) is 22.8 Å². The number of hydrogen-bond acceptors (Lipinski definition) is 9. The van der Waals surface area contributed by atoms with E-state index in [1.165, 1.54) is 49.2 Å². The predicted octanol–water partition coefficient (Wildman–Crippen LogP) is 4.34. The lowest BCUT2D eigenvalue weighted by molar-refractivity contribution is -0.384. The van der Waals surface area contributed by atoms with Gasteiger partial charge in [-0.1, -0.05) is 35.3 Å². The maximum Gasteiger partial charge on any atom is 0.269 e. The van der Waals surface area contributed by atoms with E-state index in [2.05, 4.69) is 9.97 Å². The largest absolute Gasteiger partial charge is 0.495 e. The van der Waals surface area contributed by atoms with Crippen molar-refractivity contribution in [2.24, 2.45) is 0 Å². The summed E-state index contributed by atoms with van der Waals surface area (Å²) >= 11 is 13.1. The third-order valence-corrected chi connectivity index (χ3v) is 7.36. The second-order valence-electron chi connectivity index (χ2n) is 8.18. The van der Waals surface area contributed by atoms with Crippen LogP contribution in [0.25, 0.3) is 22.2 Å². The number of benzene rings is 2. The van der Waals surface area contributed by atoms with E-state index in [-0.39, 0.29) is 57.0 Å². The number of nitro groups is 1. The molecule has 14 heteroatoms. The fourth-order valence-corrected chi connectivity index (χ4v) is 5.06. The number of nitro benzene ring substituents is 1. The summed E-state index contributed by atoms with van der Waals surface area (Å²) in [6.45, 7) is 0.0531. The molecule has 0 fully saturated rings. The normalized spacial score (nSPS) is 11.5. The second kappa shape index (κ2) is 10.6. The van der Waals surface area contributed by atoms with Crippen molar-refractivity contribution in [1.29, 1.82) is 0 Å². The molecule has 0 radical (unpaired) electrons. The SMILES string of the molecule is COc1cc(OC)c(Cl)c(-c2cc3cnc(S(C)(=O)=O)nc3n(CCc3ccc([N+](=O)[O-])cc3)c2=O)c1Cl. The van der Waals surface area contributed by atoms with E-state index in [4.69, 9.17) is 32.7 Å². The highest BCUT2D eigenvalue weighted by atomic mass is 35.5. The first kappa shape index (κ1) is 27.3. The van der Waals surface area contributed by atoms with Crippen molar-refractivity contribution in [3.8, 4) is 22.6 Å². The topological polar surface area (TPSA) is 144 Å². The van der Waals surface area contributed by atoms with E-state index in [1.54, 1.807) is 12.1 Å². The summed E-state index contributed by atoms with van der Waals surface area (Å²) in [6.07, 6.45) is 2.53. The first-order chi connectivity index (χ1) is 18.0. The molecular weight excluding hydrogens is 559 g/mol. The van der Waals surface area contributed by atoms with Crippen LogP contribution < -0.4 is 15.0 Å². The van der Waals surface area contributed by atoms with E-state index in [0.29, 0.717) is 10.9 Å². The lowest BCUT2D eigenvalue weighted by Crippen LogP contribution is -2.25. The van der Waals surface area contributed by atoms with Gasteiger partial charge in [0.15, 0.2) is 0 Å². The molecule has 0 aliphatic carbocycles. The quantitative estimate of drug-likeness (QED) is 0.169. The Labute approximate surface area is 226 Å². The minimum absolute atomic E-state index is 0.0531. The molecular formula is C24H20Cl2N4O7S. The maximum atomic E-state index is 13.9. The zero-order valence-electron chi connectivity index (χ0n) is 20.3. The van der Waals surface area contributed by atoms with Gasteiger partial charge in [-0.3, -0.25) is 19.5 Å². The van der Waals surface area contributed by atoms with Gasteiger partial charge in [0.05, 0.1) is 34.8 Å². The van der Waals surface area contributed by atoms with Crippen LogP contribution >= 0.6 is 23.2 Å². The Morgan fingerprint density at radius 1 is 1.05 bits per heavy atom. The Morgan fingerprint density at radius 3 is 2.18 bits per heavy atom. The summed E-state index contributed by atoms with van der Waals surface area (Å²) in [4.78, 5) is 32.5. The molecule has 2 aromatic heterocycles. The third-order valence-electron chi connectivity index (χ3n) is 5.75. The average Bonchev–Trinajstić information content (AvgIpc) is 2.88. The van der Waals surface area contributed by atoms with Crippen LogP contribution in [0.15, 0.2) is 52.5 Å². The Hall–Kier alpha value is -3.74. The fourth-order valence-electron chi connectivity index (χ4n) is 3.86. The Kier molecular flexibility index (Phi) is 7.58. The molecule has 2 aromatic carbocycles. The molecule has 0 bridgehead atoms. The molecule has 198 valence electrons. The minimum Gasteiger partial charge on any atom is -0.495 e. The van der Waals surface area contributed by atoms with Crippen molar-refractivity contribution >= 4 is 49.8 Å². The number of rotatable bonds is 8. The zero-order valence-corrected chi connectivity index (χ0v) is 22.6. The molecule has 0 spiro atoms. The highest BCUT2D eigenvalue weighted by Crippen LogP contribution is 2.45. The standard InChI is InChI=1S/C24H20Cl2N4O7S/c1-36-17-11-18(37-2)21(26)19(20(17)25)16-10-14-12-27-24(38(3,34)35)28-22(14)29(23(16)31)9-8-13-4-6-15(7-5-13)30(32)33/h4-7,10-12H,8-9H2,1-3H3. The van der Waals surface area contributed by atoms with Crippen molar-refractivity contribution < 1.29 is 22.8 Å². The van der Waals surface area contributed by atoms with Crippen LogP contribution in [0.4, 0.5) is 5.69 Å². The number of aromatic nitrogens is 3. The lowest BCUT2D eigenvalue weighted by Gasteiger charge is -2.17. The first-order valence-electron chi connectivity index (χ1n) is 10.9. The van der Waals surface area contributed by atoms with E-state index >= 15 is 0 Å². The van der Waals surface area contributed by atoms with Crippen LogP contribution in [0.5, 0.6) is 11.5 Å². The van der Waals surface area contributed by atoms with E-state index < -0.39 is 25.5 Å². The molecule has 2 heterocycles. The molecule has 38 heavy (non-hydrogen) atoms. The number of hydrogen-bond donors (Lipinski definition) is 0. The van der Waals surface area contributed by atoms with Crippen molar-refractivity contribution in [3.63, 3.8) is 0 Å². The first-order valence-corrected chi connectivity index (χ1v) is 13.5. The molecule has 0 N–H and O–H groups in total. The minimum atomic E-state index is -3.77. The summed E-state index contributed by atoms with van der Waals surface area (Å²) < 4.78 is 36.2. The van der Waals surface area contributed by atoms with Gasteiger partial charge in [0, 0.05) is 48.1 Å². The summed E-state index contributed by atoms with van der Waals surface area (Å²) in [6, 6.07) is 8.83. The van der Waals surface area contributed by atoms with Crippen LogP contribution in [-0.4, -0.2) is 48.4 Å². The number of methoxy groups -OCH3 is 2. The Morgan fingerprint density at radius 2 is 1.66 bits per heavy atom. The average molecular weight is 579 g/mol. The zero-order chi connectivity index (χ0) is 27.8. The van der Waals surface area contributed by atoms with Crippen LogP contribution in [0, 0.1) is 10.1 Å². The molecule has 0 amide bonds. The number of non-ortho nitro benzene ring substituents is 1. The monoisotopic (exact) mass is 578 g/mol. The Bertz CT molecular complexity index is 1710. The molecule has 0 aliphatic rings. The van der Waals surface area contributed by atoms with Crippen molar-refractivity contribution in [2.45, 2.75) is 18.1 Å². The highest BCUT2D eigenvalue weighted by molar-refractivity contribution is 7.90. The predicted molar refractivity (Wildman–Crippen MR) is 142 cm³/mol. The molecule has 0 saturated carbocycles. The van der Waals surface area contributed by atoms with E-state index in [9.17, 15) is 23.3 Å². The van der Waals surface area contributed by atoms with Gasteiger partial charge >= 0.3 is 0 Å². The van der Waals surface area contributed by atoms with Crippen molar-refractivity contribution in [1.82, 2.24) is 14.5 Å². The summed E-state index contributed by atoms with van der Waals surface area (Å²) in [7, 11) is -0.965. The molecule has 0 aliphatic heterocycles.